The second-order valence-corrected chi connectivity index (χ2v) is 8.98. The van der Waals surface area contributed by atoms with Crippen LogP contribution in [0.25, 0.3) is 20.9 Å². The molecular weight excluding hydrogens is 564 g/mol. The van der Waals surface area contributed by atoms with Crippen LogP contribution in [0.2, 0.25) is 0 Å². The third-order valence-corrected chi connectivity index (χ3v) is 6.44. The van der Waals surface area contributed by atoms with Crippen LogP contribution in [0.3, 0.4) is 0 Å². The molecule has 198 valence electrons. The Morgan fingerprint density at radius 2 is 1.14 bits per heavy atom. The van der Waals surface area contributed by atoms with Crippen LogP contribution in [0.4, 0.5) is 46.5 Å². The first-order chi connectivity index (χ1) is 17.6. The van der Waals surface area contributed by atoms with Gasteiger partial charge in [-0.15, -0.1) is 0 Å². The molecule has 0 fully saturated rings. The van der Waals surface area contributed by atoms with Crippen molar-refractivity contribution in [2.24, 2.45) is 10.2 Å². The molecule has 0 heterocycles. The molecule has 0 radical (unpaired) electrons. The minimum absolute atomic E-state index is 0.0158. The van der Waals surface area contributed by atoms with Crippen molar-refractivity contribution in [2.75, 3.05) is 24.7 Å². The van der Waals surface area contributed by atoms with E-state index in [-0.39, 0.29) is 18.1 Å². The standard InChI is InChI=1S/C18H10F8N6O3S2/c19-8-6(9(20)13(24)16(12(8)23)29-31-27)5-34-1-3-36-37-4-2-35-18(33)7-10(21)14(25)17(30-32-28)15(26)11(7)22/h1-5H2. The molecule has 2 rings (SSSR count). The Kier molecular flexibility index (Phi) is 11.1. The molecule has 9 nitrogen and oxygen atoms in total. The normalized spacial score (nSPS) is 10.6. The van der Waals surface area contributed by atoms with Crippen molar-refractivity contribution in [3.63, 3.8) is 0 Å². The topological polar surface area (TPSA) is 133 Å². The number of nitrogens with zero attached hydrogens (tertiary/aromatic N) is 6. The van der Waals surface area contributed by atoms with E-state index in [0.717, 1.165) is 21.6 Å². The van der Waals surface area contributed by atoms with E-state index in [4.69, 9.17) is 15.8 Å². The van der Waals surface area contributed by atoms with E-state index in [1.165, 1.54) is 0 Å². The first-order valence-corrected chi connectivity index (χ1v) is 11.9. The van der Waals surface area contributed by atoms with Crippen LogP contribution in [0.1, 0.15) is 15.9 Å². The molecule has 0 N–H and O–H groups in total. The second-order valence-electron chi connectivity index (χ2n) is 6.27. The number of esters is 1. The molecule has 0 aliphatic rings. The van der Waals surface area contributed by atoms with Gasteiger partial charge in [0.15, 0.2) is 46.5 Å². The van der Waals surface area contributed by atoms with Gasteiger partial charge in [-0.25, -0.2) is 39.9 Å². The van der Waals surface area contributed by atoms with Gasteiger partial charge in [-0.1, -0.05) is 31.8 Å². The van der Waals surface area contributed by atoms with E-state index >= 15 is 0 Å². The minimum Gasteiger partial charge on any atom is -0.461 e. The lowest BCUT2D eigenvalue weighted by Crippen LogP contribution is -2.15. The van der Waals surface area contributed by atoms with E-state index < -0.39 is 88.2 Å². The summed E-state index contributed by atoms with van der Waals surface area (Å²) < 4.78 is 120. The zero-order chi connectivity index (χ0) is 27.7. The van der Waals surface area contributed by atoms with Crippen molar-refractivity contribution in [2.45, 2.75) is 6.61 Å². The van der Waals surface area contributed by atoms with Gasteiger partial charge in [0.2, 0.25) is 0 Å². The molecule has 0 saturated carbocycles. The summed E-state index contributed by atoms with van der Waals surface area (Å²) in [5, 5.41) is 5.04. The molecule has 2 aromatic carbocycles. The van der Waals surface area contributed by atoms with Crippen molar-refractivity contribution in [3.05, 3.63) is 78.6 Å². The Morgan fingerprint density at radius 1 is 0.703 bits per heavy atom. The highest BCUT2D eigenvalue weighted by molar-refractivity contribution is 8.76. The highest BCUT2D eigenvalue weighted by atomic mass is 33.1. The van der Waals surface area contributed by atoms with Crippen LogP contribution < -0.4 is 0 Å². The number of hydrogen-bond acceptors (Lipinski definition) is 7. The highest BCUT2D eigenvalue weighted by Gasteiger charge is 2.30. The Balaban J connectivity index is 1.79. The van der Waals surface area contributed by atoms with E-state index in [0.29, 0.717) is 0 Å². The summed E-state index contributed by atoms with van der Waals surface area (Å²) in [6, 6.07) is 0. The number of halogens is 8. The van der Waals surface area contributed by atoms with Gasteiger partial charge in [0.05, 0.1) is 18.8 Å². The summed E-state index contributed by atoms with van der Waals surface area (Å²) in [7, 11) is 2.11. The quantitative estimate of drug-likeness (QED) is 0.0380. The third kappa shape index (κ3) is 6.90. The molecule has 0 aliphatic carbocycles. The van der Waals surface area contributed by atoms with Crippen LogP contribution in [-0.2, 0) is 16.1 Å². The van der Waals surface area contributed by atoms with Crippen LogP contribution in [-0.4, -0.2) is 30.7 Å². The van der Waals surface area contributed by atoms with Crippen LogP contribution >= 0.6 is 21.6 Å². The summed E-state index contributed by atoms with van der Waals surface area (Å²) in [6.45, 7) is -1.47. The summed E-state index contributed by atoms with van der Waals surface area (Å²) in [5.74, 6) is -17.3. The molecule has 37 heavy (non-hydrogen) atoms. The lowest BCUT2D eigenvalue weighted by atomic mass is 10.1. The number of benzene rings is 2. The average Bonchev–Trinajstić information content (AvgIpc) is 2.87. The number of carbonyl (C=O) groups excluding carboxylic acids is 1. The van der Waals surface area contributed by atoms with Crippen molar-refractivity contribution < 1.29 is 49.4 Å². The van der Waals surface area contributed by atoms with E-state index in [1.807, 2.05) is 4.91 Å². The van der Waals surface area contributed by atoms with Gasteiger partial charge in [0.25, 0.3) is 0 Å². The molecule has 19 heteroatoms. The first kappa shape index (κ1) is 29.9. The SMILES string of the molecule is [N-]=[N+]=Nc1c(F)c(F)c(COCCSSCCOC(=O)c2c(F)c(F)c(N=[N+]=[N-])c(F)c2F)c(F)c1F. The van der Waals surface area contributed by atoms with E-state index in [2.05, 4.69) is 19.9 Å². The number of azide groups is 2. The average molecular weight is 574 g/mol. The summed E-state index contributed by atoms with van der Waals surface area (Å²) >= 11 is 0. The van der Waals surface area contributed by atoms with Gasteiger partial charge in [-0.3, -0.25) is 0 Å². The Morgan fingerprint density at radius 3 is 1.59 bits per heavy atom. The maximum absolute atomic E-state index is 13.9. The van der Waals surface area contributed by atoms with Gasteiger partial charge < -0.3 is 9.47 Å². The maximum Gasteiger partial charge on any atom is 0.344 e. The first-order valence-electron chi connectivity index (χ1n) is 9.38. The Hall–Kier alpha value is -3.37. The molecule has 0 bridgehead atoms. The van der Waals surface area contributed by atoms with Crippen molar-refractivity contribution in [1.82, 2.24) is 0 Å². The van der Waals surface area contributed by atoms with Crippen molar-refractivity contribution in [3.8, 4) is 0 Å². The predicted octanol–water partition coefficient (Wildman–Crippen LogP) is 7.44. The number of ether oxygens (including phenoxy) is 2. The summed E-state index contributed by atoms with van der Waals surface area (Å²) in [6.07, 6.45) is 0. The molecule has 0 saturated heterocycles. The monoisotopic (exact) mass is 574 g/mol. The van der Waals surface area contributed by atoms with E-state index in [9.17, 15) is 39.9 Å². The Bertz CT molecular complexity index is 1250. The second kappa shape index (κ2) is 13.8. The number of carbonyl (C=O) groups is 1. The third-order valence-electron chi connectivity index (χ3n) is 4.11. The fourth-order valence-corrected chi connectivity index (χ4v) is 4.17. The number of rotatable bonds is 12. The lowest BCUT2D eigenvalue weighted by Gasteiger charge is -2.10. The van der Waals surface area contributed by atoms with Gasteiger partial charge in [0.1, 0.15) is 23.5 Å². The number of hydrogen-bond donors (Lipinski definition) is 0. The Labute approximate surface area is 208 Å². The zero-order valence-corrected chi connectivity index (χ0v) is 19.4. The van der Waals surface area contributed by atoms with Crippen LogP contribution in [0.15, 0.2) is 10.2 Å². The minimum atomic E-state index is -2.11. The van der Waals surface area contributed by atoms with Gasteiger partial charge in [-0.05, 0) is 11.1 Å². The fourth-order valence-electron chi connectivity index (χ4n) is 2.48. The van der Waals surface area contributed by atoms with Crippen LogP contribution in [0.5, 0.6) is 0 Å². The maximum atomic E-state index is 13.9. The zero-order valence-electron chi connectivity index (χ0n) is 17.8. The van der Waals surface area contributed by atoms with Gasteiger partial charge in [0, 0.05) is 21.3 Å². The molecule has 0 amide bonds. The van der Waals surface area contributed by atoms with Gasteiger partial charge in [-0.2, -0.15) is 0 Å². The smallest absolute Gasteiger partial charge is 0.344 e. The largest absolute Gasteiger partial charge is 0.461 e. The summed E-state index contributed by atoms with van der Waals surface area (Å²) in [5.41, 5.74) is 10.6. The van der Waals surface area contributed by atoms with Crippen LogP contribution in [0, 0.1) is 46.5 Å². The highest BCUT2D eigenvalue weighted by Crippen LogP contribution is 2.32. The molecule has 0 unspecified atom stereocenters. The molecule has 0 spiro atoms. The van der Waals surface area contributed by atoms with Crippen molar-refractivity contribution in [1.29, 1.82) is 0 Å². The molecule has 0 atom stereocenters. The van der Waals surface area contributed by atoms with Crippen molar-refractivity contribution >= 4 is 38.9 Å². The van der Waals surface area contributed by atoms with E-state index in [1.54, 1.807) is 0 Å². The molecule has 2 aromatic rings. The molecule has 0 aromatic heterocycles. The van der Waals surface area contributed by atoms with Gasteiger partial charge >= 0.3 is 5.97 Å². The predicted molar refractivity (Wildman–Crippen MR) is 115 cm³/mol. The molecule has 0 aliphatic heterocycles. The lowest BCUT2D eigenvalue weighted by molar-refractivity contribution is 0.0516. The molecular formula is C18H10F8N6O3S2. The fraction of sp³-hybridized carbons (Fsp3) is 0.278. The summed E-state index contributed by atoms with van der Waals surface area (Å²) in [4.78, 5) is 15.9.